The number of anilines is 1. The van der Waals surface area contributed by atoms with Gasteiger partial charge in [0.2, 0.25) is 0 Å². The van der Waals surface area contributed by atoms with Crippen LogP contribution in [0.15, 0.2) is 82.6 Å². The third kappa shape index (κ3) is 4.34. The minimum atomic E-state index is -1.55. The van der Waals surface area contributed by atoms with E-state index in [0.29, 0.717) is 39.7 Å². The molecular formula is C26H24N2O4S. The fourth-order valence-electron chi connectivity index (χ4n) is 4.24. The topological polar surface area (TPSA) is 75.7 Å². The van der Waals surface area contributed by atoms with Crippen LogP contribution in [0.2, 0.25) is 0 Å². The van der Waals surface area contributed by atoms with Crippen LogP contribution in [0.4, 0.5) is 5.69 Å². The minimum absolute atomic E-state index is 0.0351. The van der Waals surface area contributed by atoms with Gasteiger partial charge in [-0.15, -0.1) is 0 Å². The van der Waals surface area contributed by atoms with Gasteiger partial charge in [-0.25, -0.2) is 4.21 Å². The molecule has 3 aromatic carbocycles. The highest BCUT2D eigenvalue weighted by Gasteiger charge is 2.31. The Morgan fingerprint density at radius 1 is 1.03 bits per heavy atom. The van der Waals surface area contributed by atoms with Crippen LogP contribution in [0, 0.1) is 0 Å². The van der Waals surface area contributed by atoms with Crippen LogP contribution in [-0.4, -0.2) is 35.3 Å². The largest absolute Gasteiger partial charge is 0.376 e. The standard InChI is InChI=1S/C26H24N2O4S/c29-25(27-16-20-9-6-14-32-20)19-12-13-24-22(15-19)28(17-18-7-2-1-3-8-18)26(30)21-10-4-5-11-23(21)33(24)31/h1-5,7-8,10-13,15,20H,6,9,14,16-17H2,(H,27,29)/t20-,33+/m1/s1. The van der Waals surface area contributed by atoms with E-state index in [-0.39, 0.29) is 17.9 Å². The third-order valence-electron chi connectivity index (χ3n) is 5.97. The molecule has 0 radical (unpaired) electrons. The van der Waals surface area contributed by atoms with Crippen LogP contribution in [0.5, 0.6) is 0 Å². The van der Waals surface area contributed by atoms with Gasteiger partial charge in [-0.1, -0.05) is 42.5 Å². The predicted octanol–water partition coefficient (Wildman–Crippen LogP) is 3.92. The van der Waals surface area contributed by atoms with Gasteiger partial charge < -0.3 is 15.0 Å². The van der Waals surface area contributed by atoms with Gasteiger partial charge >= 0.3 is 0 Å². The second-order valence-electron chi connectivity index (χ2n) is 8.17. The lowest BCUT2D eigenvalue weighted by Gasteiger charge is -2.23. The molecule has 33 heavy (non-hydrogen) atoms. The van der Waals surface area contributed by atoms with Crippen LogP contribution >= 0.6 is 0 Å². The number of hydrogen-bond donors (Lipinski definition) is 1. The molecule has 0 unspecified atom stereocenters. The van der Waals surface area contributed by atoms with Crippen molar-refractivity contribution in [2.24, 2.45) is 0 Å². The highest BCUT2D eigenvalue weighted by atomic mass is 32.2. The Hall–Kier alpha value is -3.29. The molecule has 0 spiro atoms. The smallest absolute Gasteiger partial charge is 0.259 e. The molecule has 0 aliphatic carbocycles. The number of carbonyl (C=O) groups is 2. The van der Waals surface area contributed by atoms with Gasteiger partial charge in [-0.3, -0.25) is 9.59 Å². The summed E-state index contributed by atoms with van der Waals surface area (Å²) in [6.07, 6.45) is 1.97. The molecule has 2 amide bonds. The van der Waals surface area contributed by atoms with Crippen molar-refractivity contribution >= 4 is 28.3 Å². The number of carbonyl (C=O) groups excluding carboxylic acids is 2. The van der Waals surface area contributed by atoms with Gasteiger partial charge in [0.15, 0.2) is 0 Å². The first-order valence-electron chi connectivity index (χ1n) is 11.0. The Kier molecular flexibility index (Phi) is 6.07. The summed E-state index contributed by atoms with van der Waals surface area (Å²) in [6.45, 7) is 1.47. The number of benzene rings is 3. The number of rotatable bonds is 5. The van der Waals surface area contributed by atoms with Gasteiger partial charge in [-0.2, -0.15) is 0 Å². The van der Waals surface area contributed by atoms with Gasteiger partial charge in [0.05, 0.1) is 44.5 Å². The van der Waals surface area contributed by atoms with Crippen molar-refractivity contribution in [1.29, 1.82) is 0 Å². The normalized spacial score (nSPS) is 19.5. The van der Waals surface area contributed by atoms with Crippen molar-refractivity contribution in [3.63, 3.8) is 0 Å². The summed E-state index contributed by atoms with van der Waals surface area (Å²) in [6, 6.07) is 21.7. The molecule has 1 fully saturated rings. The summed E-state index contributed by atoms with van der Waals surface area (Å²) in [7, 11) is -1.55. The molecule has 0 aromatic heterocycles. The maximum absolute atomic E-state index is 13.6. The number of fused-ring (bicyclic) bond motifs is 2. The molecule has 3 aromatic rings. The van der Waals surface area contributed by atoms with E-state index < -0.39 is 10.8 Å². The molecule has 0 bridgehead atoms. The van der Waals surface area contributed by atoms with Crippen LogP contribution in [0.3, 0.4) is 0 Å². The summed E-state index contributed by atoms with van der Waals surface area (Å²) >= 11 is 0. The average molecular weight is 461 g/mol. The second-order valence-corrected chi connectivity index (χ2v) is 9.59. The summed E-state index contributed by atoms with van der Waals surface area (Å²) in [5.74, 6) is -0.480. The van der Waals surface area contributed by atoms with Gasteiger partial charge in [0.1, 0.15) is 0 Å². The molecule has 7 heteroatoms. The van der Waals surface area contributed by atoms with Crippen LogP contribution in [-0.2, 0) is 22.1 Å². The first-order chi connectivity index (χ1) is 16.1. The van der Waals surface area contributed by atoms with Crippen LogP contribution < -0.4 is 10.2 Å². The zero-order chi connectivity index (χ0) is 22.8. The zero-order valence-electron chi connectivity index (χ0n) is 18.0. The molecule has 2 aliphatic rings. The van der Waals surface area contributed by atoms with E-state index in [0.717, 1.165) is 25.0 Å². The molecule has 1 N–H and O–H groups in total. The Balaban J connectivity index is 1.53. The summed E-state index contributed by atoms with van der Waals surface area (Å²) < 4.78 is 19.1. The first-order valence-corrected chi connectivity index (χ1v) is 12.2. The molecular weight excluding hydrogens is 436 g/mol. The second kappa shape index (κ2) is 9.29. The molecule has 0 saturated carbocycles. The number of hydrogen-bond acceptors (Lipinski definition) is 4. The van der Waals surface area contributed by atoms with Crippen molar-refractivity contribution in [3.05, 3.63) is 89.5 Å². The Bertz CT molecular complexity index is 1220. The van der Waals surface area contributed by atoms with E-state index in [4.69, 9.17) is 4.74 Å². The van der Waals surface area contributed by atoms with Crippen LogP contribution in [0.25, 0.3) is 0 Å². The summed E-state index contributed by atoms with van der Waals surface area (Å²) in [5, 5.41) is 2.92. The van der Waals surface area contributed by atoms with Crippen molar-refractivity contribution in [3.8, 4) is 0 Å². The number of nitrogens with zero attached hydrogens (tertiary/aromatic N) is 1. The van der Waals surface area contributed by atoms with Crippen molar-refractivity contribution < 1.29 is 18.5 Å². The van der Waals surface area contributed by atoms with E-state index in [9.17, 15) is 13.8 Å². The molecule has 5 rings (SSSR count). The monoisotopic (exact) mass is 460 g/mol. The maximum atomic E-state index is 13.6. The lowest BCUT2D eigenvalue weighted by atomic mass is 10.1. The fourth-order valence-corrected chi connectivity index (χ4v) is 5.59. The number of amides is 2. The zero-order valence-corrected chi connectivity index (χ0v) is 18.8. The Morgan fingerprint density at radius 2 is 1.82 bits per heavy atom. The highest BCUT2D eigenvalue weighted by Crippen LogP contribution is 2.36. The molecule has 168 valence electrons. The third-order valence-corrected chi connectivity index (χ3v) is 7.47. The van der Waals surface area contributed by atoms with Gasteiger partial charge in [0, 0.05) is 18.7 Å². The van der Waals surface area contributed by atoms with E-state index in [1.54, 1.807) is 47.4 Å². The molecule has 2 atom stereocenters. The number of nitrogens with one attached hydrogen (secondary N) is 1. The van der Waals surface area contributed by atoms with Crippen molar-refractivity contribution in [2.45, 2.75) is 35.3 Å². The molecule has 6 nitrogen and oxygen atoms in total. The fraction of sp³-hybridized carbons (Fsp3) is 0.231. The Morgan fingerprint density at radius 3 is 2.61 bits per heavy atom. The minimum Gasteiger partial charge on any atom is -0.376 e. The van der Waals surface area contributed by atoms with Gasteiger partial charge in [0.25, 0.3) is 11.8 Å². The average Bonchev–Trinajstić information content (AvgIpc) is 3.36. The van der Waals surface area contributed by atoms with Gasteiger partial charge in [-0.05, 0) is 48.7 Å². The molecule has 2 heterocycles. The van der Waals surface area contributed by atoms with E-state index in [1.807, 2.05) is 30.3 Å². The molecule has 2 aliphatic heterocycles. The lowest BCUT2D eigenvalue weighted by molar-refractivity contribution is 0.0857. The first kappa shape index (κ1) is 21.6. The van der Waals surface area contributed by atoms with Crippen molar-refractivity contribution in [1.82, 2.24) is 5.32 Å². The van der Waals surface area contributed by atoms with Crippen LogP contribution in [0.1, 0.15) is 39.1 Å². The SMILES string of the molecule is O=C(NC[C@H]1CCCO1)c1ccc2c(c1)N(Cc1ccccc1)C(=O)c1ccccc1[S@@]2=O. The quantitative estimate of drug-likeness (QED) is 0.626. The highest BCUT2D eigenvalue weighted by molar-refractivity contribution is 7.85. The Labute approximate surface area is 195 Å². The summed E-state index contributed by atoms with van der Waals surface area (Å²) in [4.78, 5) is 29.1. The molecule has 1 saturated heterocycles. The summed E-state index contributed by atoms with van der Waals surface area (Å²) in [5.41, 5.74) is 2.26. The predicted molar refractivity (Wildman–Crippen MR) is 126 cm³/mol. The lowest BCUT2D eigenvalue weighted by Crippen LogP contribution is -2.33. The van der Waals surface area contributed by atoms with E-state index >= 15 is 0 Å². The van der Waals surface area contributed by atoms with E-state index in [1.165, 1.54) is 0 Å². The maximum Gasteiger partial charge on any atom is 0.259 e. The van der Waals surface area contributed by atoms with Crippen molar-refractivity contribution in [2.75, 3.05) is 18.1 Å². The van der Waals surface area contributed by atoms with E-state index in [2.05, 4.69) is 5.32 Å². The number of ether oxygens (including phenoxy) is 1.